The quantitative estimate of drug-likeness (QED) is 0.876. The van der Waals surface area contributed by atoms with Crippen LogP contribution < -0.4 is 5.73 Å². The summed E-state index contributed by atoms with van der Waals surface area (Å²) in [5.41, 5.74) is 7.40. The van der Waals surface area contributed by atoms with Gasteiger partial charge in [0.05, 0.1) is 18.1 Å². The third-order valence-corrected chi connectivity index (χ3v) is 4.11. The van der Waals surface area contributed by atoms with Crippen LogP contribution in [0, 0.1) is 5.92 Å². The number of hydrogen-bond acceptors (Lipinski definition) is 3. The van der Waals surface area contributed by atoms with E-state index in [1.165, 1.54) is 12.8 Å². The molecule has 1 saturated carbocycles. The Morgan fingerprint density at radius 3 is 3.06 bits per heavy atom. The van der Waals surface area contributed by atoms with Gasteiger partial charge in [-0.2, -0.15) is 0 Å². The highest BCUT2D eigenvalue weighted by Crippen LogP contribution is 2.37. The van der Waals surface area contributed by atoms with Crippen LogP contribution in [0.25, 0.3) is 0 Å². The maximum absolute atomic E-state index is 6.38. The standard InChI is InChI=1S/C14H23NO2/c1-11-4-3-6-14(9-11,16-2)13(15)8-12-5-7-17-10-12/h5,7,10-11,13H,3-4,6,8-9,15H2,1-2H3. The summed E-state index contributed by atoms with van der Waals surface area (Å²) in [5, 5.41) is 0. The second-order valence-corrected chi connectivity index (χ2v) is 5.41. The Balaban J connectivity index is 2.06. The molecule has 96 valence electrons. The summed E-state index contributed by atoms with van der Waals surface area (Å²) in [6.07, 6.45) is 8.96. The van der Waals surface area contributed by atoms with Crippen molar-refractivity contribution in [3.05, 3.63) is 24.2 Å². The molecule has 1 aromatic rings. The summed E-state index contributed by atoms with van der Waals surface area (Å²) in [4.78, 5) is 0. The first-order valence-corrected chi connectivity index (χ1v) is 6.48. The average Bonchev–Trinajstić information content (AvgIpc) is 2.81. The molecule has 2 rings (SSSR count). The van der Waals surface area contributed by atoms with E-state index >= 15 is 0 Å². The first-order valence-electron chi connectivity index (χ1n) is 6.48. The van der Waals surface area contributed by atoms with Crippen LogP contribution in [0.5, 0.6) is 0 Å². The van der Waals surface area contributed by atoms with Crippen LogP contribution in [0.2, 0.25) is 0 Å². The van der Waals surface area contributed by atoms with Crippen LogP contribution in [0.3, 0.4) is 0 Å². The molecule has 17 heavy (non-hydrogen) atoms. The minimum absolute atomic E-state index is 0.0489. The molecule has 3 heteroatoms. The highest BCUT2D eigenvalue weighted by atomic mass is 16.5. The Bertz CT molecular complexity index is 336. The van der Waals surface area contributed by atoms with Gasteiger partial charge >= 0.3 is 0 Å². The zero-order valence-corrected chi connectivity index (χ0v) is 10.8. The lowest BCUT2D eigenvalue weighted by Crippen LogP contribution is -2.53. The number of rotatable bonds is 4. The molecule has 1 aromatic heterocycles. The topological polar surface area (TPSA) is 48.4 Å². The Morgan fingerprint density at radius 2 is 2.47 bits per heavy atom. The predicted molar refractivity (Wildman–Crippen MR) is 67.8 cm³/mol. The van der Waals surface area contributed by atoms with E-state index in [0.717, 1.165) is 24.8 Å². The fraction of sp³-hybridized carbons (Fsp3) is 0.714. The number of methoxy groups -OCH3 is 1. The van der Waals surface area contributed by atoms with Crippen molar-refractivity contribution in [3.8, 4) is 0 Å². The van der Waals surface area contributed by atoms with Gasteiger partial charge in [0, 0.05) is 13.2 Å². The zero-order chi connectivity index (χ0) is 12.3. The van der Waals surface area contributed by atoms with E-state index in [0.29, 0.717) is 5.92 Å². The Morgan fingerprint density at radius 1 is 1.65 bits per heavy atom. The first-order chi connectivity index (χ1) is 8.16. The number of nitrogens with two attached hydrogens (primary N) is 1. The number of hydrogen-bond donors (Lipinski definition) is 1. The van der Waals surface area contributed by atoms with Gasteiger partial charge in [-0.25, -0.2) is 0 Å². The van der Waals surface area contributed by atoms with Gasteiger partial charge in [0.1, 0.15) is 0 Å². The maximum Gasteiger partial charge on any atom is 0.0935 e. The van der Waals surface area contributed by atoms with E-state index in [1.807, 2.05) is 6.07 Å². The summed E-state index contributed by atoms with van der Waals surface area (Å²) in [6.45, 7) is 2.29. The summed E-state index contributed by atoms with van der Waals surface area (Å²) < 4.78 is 10.9. The van der Waals surface area contributed by atoms with Gasteiger partial charge in [-0.1, -0.05) is 19.8 Å². The van der Waals surface area contributed by atoms with Crippen molar-refractivity contribution >= 4 is 0 Å². The molecule has 1 aliphatic rings. The van der Waals surface area contributed by atoms with E-state index in [2.05, 4.69) is 6.92 Å². The van der Waals surface area contributed by atoms with E-state index in [-0.39, 0.29) is 11.6 Å². The Labute approximate surface area is 103 Å². The lowest BCUT2D eigenvalue weighted by Gasteiger charge is -2.43. The monoisotopic (exact) mass is 237 g/mol. The molecular formula is C14H23NO2. The van der Waals surface area contributed by atoms with E-state index < -0.39 is 0 Å². The average molecular weight is 237 g/mol. The normalized spacial score (nSPS) is 31.4. The van der Waals surface area contributed by atoms with Crippen molar-refractivity contribution < 1.29 is 9.15 Å². The van der Waals surface area contributed by atoms with Crippen molar-refractivity contribution in [2.24, 2.45) is 11.7 Å². The molecule has 0 amide bonds. The van der Waals surface area contributed by atoms with Crippen LogP contribution in [-0.4, -0.2) is 18.8 Å². The molecule has 3 unspecified atom stereocenters. The van der Waals surface area contributed by atoms with Crippen LogP contribution in [0.1, 0.15) is 38.2 Å². The smallest absolute Gasteiger partial charge is 0.0935 e. The zero-order valence-electron chi connectivity index (χ0n) is 10.8. The summed E-state index contributed by atoms with van der Waals surface area (Å²) >= 11 is 0. The van der Waals surface area contributed by atoms with Gasteiger partial charge < -0.3 is 14.9 Å². The fourth-order valence-electron chi connectivity index (χ4n) is 3.07. The lowest BCUT2D eigenvalue weighted by atomic mass is 9.73. The molecule has 0 saturated heterocycles. The van der Waals surface area contributed by atoms with Crippen molar-refractivity contribution in [1.82, 2.24) is 0 Å². The third-order valence-electron chi connectivity index (χ3n) is 4.11. The molecule has 0 radical (unpaired) electrons. The van der Waals surface area contributed by atoms with Crippen molar-refractivity contribution in [3.63, 3.8) is 0 Å². The second kappa shape index (κ2) is 5.23. The van der Waals surface area contributed by atoms with Crippen molar-refractivity contribution in [2.75, 3.05) is 7.11 Å². The molecule has 1 heterocycles. The van der Waals surface area contributed by atoms with Gasteiger partial charge in [0.2, 0.25) is 0 Å². The molecule has 1 fully saturated rings. The lowest BCUT2D eigenvalue weighted by molar-refractivity contribution is -0.0705. The maximum atomic E-state index is 6.38. The minimum atomic E-state index is -0.144. The summed E-state index contributed by atoms with van der Waals surface area (Å²) in [7, 11) is 1.80. The van der Waals surface area contributed by atoms with Crippen LogP contribution in [0.4, 0.5) is 0 Å². The molecule has 2 N–H and O–H groups in total. The van der Waals surface area contributed by atoms with Crippen molar-refractivity contribution in [2.45, 2.75) is 50.7 Å². The van der Waals surface area contributed by atoms with Crippen LogP contribution in [-0.2, 0) is 11.2 Å². The number of furan rings is 1. The van der Waals surface area contributed by atoms with E-state index in [4.69, 9.17) is 14.9 Å². The number of ether oxygens (including phenoxy) is 1. The van der Waals surface area contributed by atoms with Crippen molar-refractivity contribution in [1.29, 1.82) is 0 Å². The summed E-state index contributed by atoms with van der Waals surface area (Å²) in [5.74, 6) is 0.707. The Hall–Kier alpha value is -0.800. The fourth-order valence-corrected chi connectivity index (χ4v) is 3.07. The van der Waals surface area contributed by atoms with Gasteiger partial charge in [-0.3, -0.25) is 0 Å². The van der Waals surface area contributed by atoms with Crippen LogP contribution >= 0.6 is 0 Å². The SMILES string of the molecule is COC1(C(N)Cc2ccoc2)CCCC(C)C1. The second-order valence-electron chi connectivity index (χ2n) is 5.41. The van der Waals surface area contributed by atoms with Gasteiger partial charge in [0.25, 0.3) is 0 Å². The highest BCUT2D eigenvalue weighted by Gasteiger charge is 2.40. The molecule has 0 aliphatic heterocycles. The summed E-state index contributed by atoms with van der Waals surface area (Å²) in [6, 6.07) is 2.03. The molecule has 1 aliphatic carbocycles. The molecular weight excluding hydrogens is 214 g/mol. The van der Waals surface area contributed by atoms with E-state index in [1.54, 1.807) is 19.6 Å². The minimum Gasteiger partial charge on any atom is -0.472 e. The predicted octanol–water partition coefficient (Wildman–Crippen LogP) is 2.74. The Kier molecular flexibility index (Phi) is 3.89. The first kappa shape index (κ1) is 12.7. The molecule has 3 nitrogen and oxygen atoms in total. The molecule has 0 bridgehead atoms. The largest absolute Gasteiger partial charge is 0.472 e. The highest BCUT2D eigenvalue weighted by molar-refractivity contribution is 5.10. The molecule has 0 aromatic carbocycles. The van der Waals surface area contributed by atoms with Gasteiger partial charge in [-0.05, 0) is 36.8 Å². The van der Waals surface area contributed by atoms with E-state index in [9.17, 15) is 0 Å². The third kappa shape index (κ3) is 2.72. The van der Waals surface area contributed by atoms with Gasteiger partial charge in [-0.15, -0.1) is 0 Å². The molecule has 3 atom stereocenters. The van der Waals surface area contributed by atoms with Gasteiger partial charge in [0.15, 0.2) is 0 Å². The van der Waals surface area contributed by atoms with Crippen LogP contribution in [0.15, 0.2) is 23.0 Å². The molecule has 0 spiro atoms.